The van der Waals surface area contributed by atoms with Crippen molar-refractivity contribution in [1.29, 1.82) is 0 Å². The number of thioether (sulfide) groups is 1. The number of benzene rings is 2. The van der Waals surface area contributed by atoms with E-state index in [-0.39, 0.29) is 10.6 Å². The summed E-state index contributed by atoms with van der Waals surface area (Å²) in [4.78, 5) is 22.5. The van der Waals surface area contributed by atoms with Crippen LogP contribution < -0.4 is 5.32 Å². The number of anilines is 1. The van der Waals surface area contributed by atoms with Gasteiger partial charge in [-0.2, -0.15) is 18.3 Å². The molecule has 0 radical (unpaired) electrons. The maximum absolute atomic E-state index is 12.8. The van der Waals surface area contributed by atoms with Gasteiger partial charge in [0.1, 0.15) is 5.82 Å². The van der Waals surface area contributed by atoms with Crippen molar-refractivity contribution in [2.45, 2.75) is 24.5 Å². The number of rotatable bonds is 7. The second kappa shape index (κ2) is 9.21. The van der Waals surface area contributed by atoms with Crippen molar-refractivity contribution < 1.29 is 22.9 Å². The Balaban J connectivity index is 1.65. The maximum Gasteiger partial charge on any atom is 0.416 e. The van der Waals surface area contributed by atoms with Crippen LogP contribution in [0.25, 0.3) is 0 Å². The van der Waals surface area contributed by atoms with Crippen LogP contribution in [0.5, 0.6) is 0 Å². The first-order valence-corrected chi connectivity index (χ1v) is 9.97. The fourth-order valence-corrected chi connectivity index (χ4v) is 3.52. The van der Waals surface area contributed by atoms with Crippen LogP contribution >= 0.6 is 11.8 Å². The number of aryl methyl sites for hydroxylation is 1. The Bertz CT molecular complexity index is 1100. The number of nitro benzene ring substituents is 1. The largest absolute Gasteiger partial charge is 0.416 e. The molecule has 3 aromatic rings. The number of nitrogens with zero attached hydrogens (tertiary/aromatic N) is 3. The second-order valence-electron chi connectivity index (χ2n) is 6.63. The number of aromatic nitrogens is 2. The number of halogens is 3. The van der Waals surface area contributed by atoms with Gasteiger partial charge in [0.15, 0.2) is 0 Å². The second-order valence-corrected chi connectivity index (χ2v) is 7.65. The monoisotopic (exact) mass is 450 g/mol. The van der Waals surface area contributed by atoms with Crippen molar-refractivity contribution in [1.82, 2.24) is 9.78 Å². The van der Waals surface area contributed by atoms with Gasteiger partial charge in [-0.15, -0.1) is 11.8 Å². The molecular formula is C20H17F3N4O3S. The molecular weight excluding hydrogens is 433 g/mol. The normalized spacial score (nSPS) is 11.4. The summed E-state index contributed by atoms with van der Waals surface area (Å²) in [6.07, 6.45) is -3.17. The van der Waals surface area contributed by atoms with Crippen LogP contribution in [0.15, 0.2) is 59.6 Å². The number of carbonyl (C=O) groups excluding carboxylic acids is 1. The number of hydrogen-bond acceptors (Lipinski definition) is 5. The highest BCUT2D eigenvalue weighted by Gasteiger charge is 2.33. The topological polar surface area (TPSA) is 90.1 Å². The SMILES string of the molecule is Cc1ccc(Cn2nccc2NC(=O)CSc2ccc(C(F)(F)F)cc2[N+](=O)[O-])cc1. The molecule has 0 aliphatic carbocycles. The number of amides is 1. The predicted molar refractivity (Wildman–Crippen MR) is 110 cm³/mol. The molecule has 0 unspecified atom stereocenters. The van der Waals surface area contributed by atoms with Gasteiger partial charge in [-0.05, 0) is 24.6 Å². The molecule has 1 aromatic heterocycles. The third-order valence-corrected chi connectivity index (χ3v) is 5.34. The quantitative estimate of drug-likeness (QED) is 0.314. The lowest BCUT2D eigenvalue weighted by Crippen LogP contribution is -2.18. The lowest BCUT2D eigenvalue weighted by Gasteiger charge is -2.10. The molecule has 3 rings (SSSR count). The summed E-state index contributed by atoms with van der Waals surface area (Å²) < 4.78 is 40.0. The van der Waals surface area contributed by atoms with Gasteiger partial charge >= 0.3 is 6.18 Å². The minimum atomic E-state index is -4.69. The molecule has 0 aliphatic heterocycles. The standard InChI is InChI=1S/C20H17F3N4O3S/c1-13-2-4-14(5-3-13)11-26-18(8-9-24-26)25-19(28)12-31-17-7-6-15(20(21,22)23)10-16(17)27(29)30/h2-10H,11-12H2,1H3,(H,25,28). The lowest BCUT2D eigenvalue weighted by atomic mass is 10.1. The summed E-state index contributed by atoms with van der Waals surface area (Å²) in [5.41, 5.74) is 0.289. The third-order valence-electron chi connectivity index (χ3n) is 4.28. The number of carbonyl (C=O) groups is 1. The molecule has 0 atom stereocenters. The Hall–Kier alpha value is -3.34. The zero-order valence-corrected chi connectivity index (χ0v) is 17.0. The van der Waals surface area contributed by atoms with Crippen molar-refractivity contribution in [3.05, 3.63) is 81.5 Å². The summed E-state index contributed by atoms with van der Waals surface area (Å²) in [6.45, 7) is 2.41. The molecule has 2 aromatic carbocycles. The number of nitro groups is 1. The van der Waals surface area contributed by atoms with E-state index in [2.05, 4.69) is 10.4 Å². The summed E-state index contributed by atoms with van der Waals surface area (Å²) in [5, 5.41) is 18.0. The molecule has 1 heterocycles. The highest BCUT2D eigenvalue weighted by molar-refractivity contribution is 8.00. The zero-order valence-electron chi connectivity index (χ0n) is 16.2. The molecule has 1 amide bonds. The average molecular weight is 450 g/mol. The molecule has 0 fully saturated rings. The molecule has 31 heavy (non-hydrogen) atoms. The van der Waals surface area contributed by atoms with Gasteiger partial charge in [0.25, 0.3) is 5.69 Å². The Labute approximate surface area is 179 Å². The smallest absolute Gasteiger partial charge is 0.310 e. The fraction of sp³-hybridized carbons (Fsp3) is 0.200. The minimum absolute atomic E-state index is 0.0266. The van der Waals surface area contributed by atoms with Crippen LogP contribution in [0.4, 0.5) is 24.7 Å². The molecule has 11 heteroatoms. The van der Waals surface area contributed by atoms with Crippen molar-refractivity contribution in [2.75, 3.05) is 11.1 Å². The van der Waals surface area contributed by atoms with Crippen molar-refractivity contribution in [3.63, 3.8) is 0 Å². The molecule has 0 spiro atoms. The van der Waals surface area contributed by atoms with Crippen LogP contribution in [0.3, 0.4) is 0 Å². The highest BCUT2D eigenvalue weighted by Crippen LogP contribution is 2.36. The highest BCUT2D eigenvalue weighted by atomic mass is 32.2. The molecule has 1 N–H and O–H groups in total. The first-order chi connectivity index (χ1) is 14.6. The van der Waals surface area contributed by atoms with Crippen LogP contribution in [-0.4, -0.2) is 26.4 Å². The Kier molecular flexibility index (Phi) is 6.64. The molecule has 7 nitrogen and oxygen atoms in total. The van der Waals surface area contributed by atoms with Gasteiger partial charge in [0.2, 0.25) is 5.91 Å². The summed E-state index contributed by atoms with van der Waals surface area (Å²) in [5.74, 6) is -0.250. The average Bonchev–Trinajstić information content (AvgIpc) is 3.13. The Morgan fingerprint density at radius 1 is 1.19 bits per heavy atom. The van der Waals surface area contributed by atoms with Gasteiger partial charge in [-0.1, -0.05) is 29.8 Å². The summed E-state index contributed by atoms with van der Waals surface area (Å²) in [6, 6.07) is 11.7. The third kappa shape index (κ3) is 5.85. The van der Waals surface area contributed by atoms with Crippen LogP contribution in [0.1, 0.15) is 16.7 Å². The van der Waals surface area contributed by atoms with E-state index in [1.165, 1.54) is 6.20 Å². The fourth-order valence-electron chi connectivity index (χ4n) is 2.71. The van der Waals surface area contributed by atoms with Gasteiger partial charge in [0, 0.05) is 12.1 Å². The van der Waals surface area contributed by atoms with Gasteiger partial charge in [-0.25, -0.2) is 4.68 Å². The van der Waals surface area contributed by atoms with E-state index in [9.17, 15) is 28.1 Å². The van der Waals surface area contributed by atoms with Crippen molar-refractivity contribution >= 4 is 29.2 Å². The van der Waals surface area contributed by atoms with Crippen LogP contribution in [-0.2, 0) is 17.5 Å². The van der Waals surface area contributed by atoms with Gasteiger partial charge < -0.3 is 5.32 Å². The van der Waals surface area contributed by atoms with E-state index < -0.39 is 28.3 Å². The van der Waals surface area contributed by atoms with Gasteiger partial charge in [-0.3, -0.25) is 14.9 Å². The summed E-state index contributed by atoms with van der Waals surface area (Å²) >= 11 is 0.785. The zero-order chi connectivity index (χ0) is 22.6. The molecule has 0 aliphatic rings. The number of nitrogens with one attached hydrogen (secondary N) is 1. The van der Waals surface area contributed by atoms with Crippen molar-refractivity contribution in [2.24, 2.45) is 0 Å². The van der Waals surface area contributed by atoms with E-state index >= 15 is 0 Å². The first kappa shape index (κ1) is 22.3. The molecule has 162 valence electrons. The lowest BCUT2D eigenvalue weighted by molar-refractivity contribution is -0.388. The Morgan fingerprint density at radius 3 is 2.55 bits per heavy atom. The Morgan fingerprint density at radius 2 is 1.90 bits per heavy atom. The summed E-state index contributed by atoms with van der Waals surface area (Å²) in [7, 11) is 0. The first-order valence-electron chi connectivity index (χ1n) is 8.99. The maximum atomic E-state index is 12.8. The molecule has 0 saturated heterocycles. The molecule has 0 bridgehead atoms. The van der Waals surface area contributed by atoms with Gasteiger partial charge in [0.05, 0.1) is 33.9 Å². The van der Waals surface area contributed by atoms with Crippen LogP contribution in [0.2, 0.25) is 0 Å². The van der Waals surface area contributed by atoms with E-state index in [1.54, 1.807) is 10.7 Å². The van der Waals surface area contributed by atoms with E-state index in [0.29, 0.717) is 18.4 Å². The predicted octanol–water partition coefficient (Wildman–Crippen LogP) is 4.90. The van der Waals surface area contributed by atoms with E-state index in [0.717, 1.165) is 35.0 Å². The van der Waals surface area contributed by atoms with Crippen molar-refractivity contribution in [3.8, 4) is 0 Å². The number of hydrogen-bond donors (Lipinski definition) is 1. The van der Waals surface area contributed by atoms with E-state index in [4.69, 9.17) is 0 Å². The number of alkyl halides is 3. The molecule has 0 saturated carbocycles. The van der Waals surface area contributed by atoms with Crippen LogP contribution in [0, 0.1) is 17.0 Å². The van der Waals surface area contributed by atoms with E-state index in [1.807, 2.05) is 31.2 Å². The minimum Gasteiger partial charge on any atom is -0.310 e.